The number of ketones is 1. The van der Waals surface area contributed by atoms with Crippen molar-refractivity contribution in [3.63, 3.8) is 0 Å². The SMILES string of the molecule is Cc1ccccc1C(=O)[C@H](C)Br. The summed E-state index contributed by atoms with van der Waals surface area (Å²) in [5.74, 6) is 0.146. The summed E-state index contributed by atoms with van der Waals surface area (Å²) >= 11 is 3.26. The number of carbonyl (C=O) groups is 1. The minimum Gasteiger partial charge on any atom is -0.293 e. The van der Waals surface area contributed by atoms with Gasteiger partial charge in [0.15, 0.2) is 5.78 Å². The molecule has 1 aromatic carbocycles. The highest BCUT2D eigenvalue weighted by Gasteiger charge is 2.12. The van der Waals surface area contributed by atoms with Crippen LogP contribution < -0.4 is 0 Å². The second-order valence-electron chi connectivity index (χ2n) is 2.80. The highest BCUT2D eigenvalue weighted by atomic mass is 79.9. The third-order valence-electron chi connectivity index (χ3n) is 1.77. The Morgan fingerprint density at radius 2 is 2.00 bits per heavy atom. The largest absolute Gasteiger partial charge is 0.293 e. The summed E-state index contributed by atoms with van der Waals surface area (Å²) < 4.78 is 0. The van der Waals surface area contributed by atoms with E-state index >= 15 is 0 Å². The molecule has 64 valence electrons. The van der Waals surface area contributed by atoms with Gasteiger partial charge in [0.2, 0.25) is 0 Å². The second-order valence-corrected chi connectivity index (χ2v) is 4.17. The van der Waals surface area contributed by atoms with E-state index in [1.165, 1.54) is 0 Å². The molecular formula is C10H11BrO. The van der Waals surface area contributed by atoms with Crippen LogP contribution in [0.3, 0.4) is 0 Å². The smallest absolute Gasteiger partial charge is 0.176 e. The molecule has 0 spiro atoms. The Hall–Kier alpha value is -0.630. The quantitative estimate of drug-likeness (QED) is 0.560. The molecular weight excluding hydrogens is 216 g/mol. The molecule has 2 heteroatoms. The Balaban J connectivity index is 3.03. The second kappa shape index (κ2) is 3.85. The Bertz CT molecular complexity index is 292. The van der Waals surface area contributed by atoms with E-state index in [9.17, 15) is 4.79 Å². The van der Waals surface area contributed by atoms with Gasteiger partial charge in [0.1, 0.15) is 0 Å². The standard InChI is InChI=1S/C10H11BrO/c1-7-5-3-4-6-9(7)10(12)8(2)11/h3-6,8H,1-2H3/t8-/m0/s1. The van der Waals surface area contributed by atoms with E-state index in [1.54, 1.807) is 0 Å². The van der Waals surface area contributed by atoms with E-state index in [0.717, 1.165) is 11.1 Å². The van der Waals surface area contributed by atoms with Crippen molar-refractivity contribution in [2.24, 2.45) is 0 Å². The van der Waals surface area contributed by atoms with E-state index in [4.69, 9.17) is 0 Å². The van der Waals surface area contributed by atoms with Gasteiger partial charge in [-0.15, -0.1) is 0 Å². The number of Topliss-reactive ketones (excluding diaryl/α,β-unsaturated/α-hetero) is 1. The monoisotopic (exact) mass is 226 g/mol. The summed E-state index contributed by atoms with van der Waals surface area (Å²) in [6.07, 6.45) is 0. The first-order valence-corrected chi connectivity index (χ1v) is 4.78. The van der Waals surface area contributed by atoms with Crippen LogP contribution in [0.25, 0.3) is 0 Å². The number of rotatable bonds is 2. The molecule has 0 saturated carbocycles. The van der Waals surface area contributed by atoms with Crippen LogP contribution in [0.2, 0.25) is 0 Å². The van der Waals surface area contributed by atoms with E-state index in [0.29, 0.717) is 0 Å². The normalized spacial score (nSPS) is 12.6. The lowest BCUT2D eigenvalue weighted by molar-refractivity contribution is 0.0995. The molecule has 0 aliphatic heterocycles. The first-order valence-electron chi connectivity index (χ1n) is 3.87. The van der Waals surface area contributed by atoms with Crippen LogP contribution in [0.15, 0.2) is 24.3 Å². The minimum absolute atomic E-state index is 0.0985. The van der Waals surface area contributed by atoms with Gasteiger partial charge in [0, 0.05) is 5.56 Å². The van der Waals surface area contributed by atoms with Gasteiger partial charge in [-0.3, -0.25) is 4.79 Å². The van der Waals surface area contributed by atoms with Crippen molar-refractivity contribution in [2.45, 2.75) is 18.7 Å². The topological polar surface area (TPSA) is 17.1 Å². The van der Waals surface area contributed by atoms with Crippen molar-refractivity contribution in [2.75, 3.05) is 0 Å². The van der Waals surface area contributed by atoms with Crippen LogP contribution in [-0.4, -0.2) is 10.6 Å². The van der Waals surface area contributed by atoms with Crippen LogP contribution in [0.1, 0.15) is 22.8 Å². The summed E-state index contributed by atoms with van der Waals surface area (Å²) in [6.45, 7) is 3.79. The predicted octanol–water partition coefficient (Wildman–Crippen LogP) is 2.96. The van der Waals surface area contributed by atoms with E-state index in [1.807, 2.05) is 38.1 Å². The summed E-state index contributed by atoms with van der Waals surface area (Å²) in [5.41, 5.74) is 1.84. The number of halogens is 1. The maximum absolute atomic E-state index is 11.5. The Labute approximate surface area is 80.9 Å². The lowest BCUT2D eigenvalue weighted by Gasteiger charge is -2.05. The van der Waals surface area contributed by atoms with Gasteiger partial charge < -0.3 is 0 Å². The van der Waals surface area contributed by atoms with Crippen molar-refractivity contribution < 1.29 is 4.79 Å². The first-order chi connectivity index (χ1) is 5.63. The number of aryl methyl sites for hydroxylation is 1. The van der Waals surface area contributed by atoms with Gasteiger partial charge in [-0.2, -0.15) is 0 Å². The molecule has 0 bridgehead atoms. The van der Waals surface area contributed by atoms with Crippen molar-refractivity contribution in [3.05, 3.63) is 35.4 Å². The Morgan fingerprint density at radius 3 is 2.50 bits per heavy atom. The molecule has 0 aromatic heterocycles. The Kier molecular flexibility index (Phi) is 3.04. The highest BCUT2D eigenvalue weighted by Crippen LogP contribution is 2.13. The molecule has 1 rings (SSSR count). The third kappa shape index (κ3) is 1.95. The average Bonchev–Trinajstić information content (AvgIpc) is 2.04. The third-order valence-corrected chi connectivity index (χ3v) is 2.19. The fourth-order valence-electron chi connectivity index (χ4n) is 1.06. The number of carbonyl (C=O) groups excluding carboxylic acids is 1. The minimum atomic E-state index is -0.0985. The van der Waals surface area contributed by atoms with Gasteiger partial charge in [0.05, 0.1) is 4.83 Å². The van der Waals surface area contributed by atoms with E-state index in [-0.39, 0.29) is 10.6 Å². The number of hydrogen-bond acceptors (Lipinski definition) is 1. The molecule has 0 aliphatic rings. The zero-order valence-electron chi connectivity index (χ0n) is 7.17. The molecule has 0 radical (unpaired) electrons. The molecule has 12 heavy (non-hydrogen) atoms. The molecule has 1 nitrogen and oxygen atoms in total. The summed E-state index contributed by atoms with van der Waals surface area (Å²) in [7, 11) is 0. The molecule has 0 heterocycles. The number of hydrogen-bond donors (Lipinski definition) is 0. The van der Waals surface area contributed by atoms with Crippen molar-refractivity contribution in [3.8, 4) is 0 Å². The predicted molar refractivity (Wildman–Crippen MR) is 53.9 cm³/mol. The van der Waals surface area contributed by atoms with Crippen molar-refractivity contribution >= 4 is 21.7 Å². The van der Waals surface area contributed by atoms with Gasteiger partial charge in [-0.25, -0.2) is 0 Å². The summed E-state index contributed by atoms with van der Waals surface area (Å²) in [6, 6.07) is 7.62. The summed E-state index contributed by atoms with van der Waals surface area (Å²) in [4.78, 5) is 11.4. The Morgan fingerprint density at radius 1 is 1.42 bits per heavy atom. The number of benzene rings is 1. The van der Waals surface area contributed by atoms with E-state index in [2.05, 4.69) is 15.9 Å². The van der Waals surface area contributed by atoms with Gasteiger partial charge in [0.25, 0.3) is 0 Å². The fraction of sp³-hybridized carbons (Fsp3) is 0.300. The molecule has 1 atom stereocenters. The van der Waals surface area contributed by atoms with Crippen LogP contribution in [0.4, 0.5) is 0 Å². The molecule has 0 aliphatic carbocycles. The number of alkyl halides is 1. The molecule has 0 unspecified atom stereocenters. The lowest BCUT2D eigenvalue weighted by Crippen LogP contribution is -2.11. The van der Waals surface area contributed by atoms with Crippen LogP contribution in [0, 0.1) is 6.92 Å². The van der Waals surface area contributed by atoms with Crippen molar-refractivity contribution in [1.82, 2.24) is 0 Å². The van der Waals surface area contributed by atoms with Gasteiger partial charge >= 0.3 is 0 Å². The van der Waals surface area contributed by atoms with Gasteiger partial charge in [-0.1, -0.05) is 40.2 Å². The molecule has 0 amide bonds. The van der Waals surface area contributed by atoms with Crippen LogP contribution in [-0.2, 0) is 0 Å². The lowest BCUT2D eigenvalue weighted by atomic mass is 10.0. The average molecular weight is 227 g/mol. The highest BCUT2D eigenvalue weighted by molar-refractivity contribution is 9.10. The molecule has 0 fully saturated rings. The zero-order chi connectivity index (χ0) is 9.14. The maximum atomic E-state index is 11.5. The van der Waals surface area contributed by atoms with Gasteiger partial charge in [-0.05, 0) is 19.4 Å². The first kappa shape index (κ1) is 9.46. The zero-order valence-corrected chi connectivity index (χ0v) is 8.76. The van der Waals surface area contributed by atoms with Crippen molar-refractivity contribution in [1.29, 1.82) is 0 Å². The fourth-order valence-corrected chi connectivity index (χ4v) is 1.31. The molecule has 0 N–H and O–H groups in total. The molecule has 0 saturated heterocycles. The maximum Gasteiger partial charge on any atom is 0.176 e. The van der Waals surface area contributed by atoms with Crippen LogP contribution >= 0.6 is 15.9 Å². The van der Waals surface area contributed by atoms with Crippen LogP contribution in [0.5, 0.6) is 0 Å². The molecule has 1 aromatic rings. The summed E-state index contributed by atoms with van der Waals surface area (Å²) in [5, 5.41) is 0. The van der Waals surface area contributed by atoms with E-state index < -0.39 is 0 Å².